The molecule has 1 aliphatic heterocycles. The molecule has 1 saturated heterocycles. The molecule has 5 heteroatoms. The zero-order valence-electron chi connectivity index (χ0n) is 13.5. The van der Waals surface area contributed by atoms with Crippen LogP contribution in [-0.4, -0.2) is 42.5 Å². The van der Waals surface area contributed by atoms with Gasteiger partial charge in [0.2, 0.25) is 5.91 Å². The highest BCUT2D eigenvalue weighted by atomic mass is 16.5. The topological polar surface area (TPSA) is 58.6 Å². The number of rotatable bonds is 5. The molecule has 124 valence electrons. The summed E-state index contributed by atoms with van der Waals surface area (Å²) in [5.41, 5.74) is 0.993. The van der Waals surface area contributed by atoms with E-state index in [-0.39, 0.29) is 17.9 Å². The second kappa shape index (κ2) is 7.13. The van der Waals surface area contributed by atoms with Crippen molar-refractivity contribution in [3.63, 3.8) is 0 Å². The Bertz CT molecular complexity index is 557. The lowest BCUT2D eigenvalue weighted by atomic mass is 10.0. The highest BCUT2D eigenvalue weighted by molar-refractivity contribution is 5.83. The molecule has 2 atom stereocenters. The molecular formula is C18H24N2O3. The summed E-state index contributed by atoms with van der Waals surface area (Å²) in [4.78, 5) is 26.6. The third kappa shape index (κ3) is 4.10. The van der Waals surface area contributed by atoms with Gasteiger partial charge in [0.25, 0.3) is 5.91 Å². The quantitative estimate of drug-likeness (QED) is 0.902. The van der Waals surface area contributed by atoms with E-state index in [9.17, 15) is 9.59 Å². The Balaban J connectivity index is 1.74. The van der Waals surface area contributed by atoms with Gasteiger partial charge in [-0.05, 0) is 31.2 Å². The predicted molar refractivity (Wildman–Crippen MR) is 86.7 cm³/mol. The van der Waals surface area contributed by atoms with Crippen molar-refractivity contribution in [1.29, 1.82) is 0 Å². The molecule has 1 aromatic rings. The minimum atomic E-state index is -0.463. The van der Waals surface area contributed by atoms with Crippen LogP contribution in [0, 0.1) is 5.92 Å². The molecule has 23 heavy (non-hydrogen) atoms. The van der Waals surface area contributed by atoms with Crippen LogP contribution in [0.15, 0.2) is 30.3 Å². The monoisotopic (exact) mass is 316 g/mol. The van der Waals surface area contributed by atoms with Gasteiger partial charge in [-0.2, -0.15) is 0 Å². The molecule has 0 bridgehead atoms. The Morgan fingerprint density at radius 2 is 2.09 bits per heavy atom. The fourth-order valence-electron chi connectivity index (χ4n) is 2.94. The number of ether oxygens (including phenoxy) is 1. The zero-order chi connectivity index (χ0) is 16.2. The molecule has 1 saturated carbocycles. The molecule has 0 spiro atoms. The van der Waals surface area contributed by atoms with Crippen LogP contribution in [-0.2, 0) is 14.3 Å². The van der Waals surface area contributed by atoms with E-state index >= 15 is 0 Å². The molecule has 1 N–H and O–H groups in total. The number of hydrogen-bond acceptors (Lipinski definition) is 3. The average molecular weight is 316 g/mol. The van der Waals surface area contributed by atoms with Crippen molar-refractivity contribution >= 4 is 11.8 Å². The van der Waals surface area contributed by atoms with E-state index in [0.29, 0.717) is 32.0 Å². The lowest BCUT2D eigenvalue weighted by Gasteiger charge is -2.31. The van der Waals surface area contributed by atoms with Gasteiger partial charge in [-0.15, -0.1) is 0 Å². The number of hydrogen-bond donors (Lipinski definition) is 1. The highest BCUT2D eigenvalue weighted by Gasteiger charge is 2.33. The fraction of sp³-hybridized carbons (Fsp3) is 0.556. The molecule has 2 aliphatic rings. The Hall–Kier alpha value is -1.88. The number of benzene rings is 1. The van der Waals surface area contributed by atoms with Gasteiger partial charge in [0.15, 0.2) is 0 Å². The Kier molecular flexibility index (Phi) is 4.96. The summed E-state index contributed by atoms with van der Waals surface area (Å²) < 4.78 is 5.74. The van der Waals surface area contributed by atoms with Gasteiger partial charge in [0.1, 0.15) is 6.10 Å². The Morgan fingerprint density at radius 1 is 1.35 bits per heavy atom. The van der Waals surface area contributed by atoms with Crippen molar-refractivity contribution in [2.24, 2.45) is 5.92 Å². The van der Waals surface area contributed by atoms with Crippen molar-refractivity contribution < 1.29 is 14.3 Å². The van der Waals surface area contributed by atoms with E-state index in [1.165, 1.54) is 12.8 Å². The molecule has 5 nitrogen and oxygen atoms in total. The zero-order valence-corrected chi connectivity index (χ0v) is 13.5. The van der Waals surface area contributed by atoms with Crippen molar-refractivity contribution in [1.82, 2.24) is 10.2 Å². The summed E-state index contributed by atoms with van der Waals surface area (Å²) in [5, 5.41) is 2.85. The lowest BCUT2D eigenvalue weighted by molar-refractivity contribution is -0.145. The van der Waals surface area contributed by atoms with Crippen LogP contribution in [0.1, 0.15) is 37.8 Å². The van der Waals surface area contributed by atoms with Gasteiger partial charge in [0.05, 0.1) is 19.1 Å². The Morgan fingerprint density at radius 3 is 2.78 bits per heavy atom. The summed E-state index contributed by atoms with van der Waals surface area (Å²) >= 11 is 0. The third-order valence-corrected chi connectivity index (χ3v) is 4.52. The van der Waals surface area contributed by atoms with Gasteiger partial charge in [-0.3, -0.25) is 9.59 Å². The van der Waals surface area contributed by atoms with Crippen LogP contribution >= 0.6 is 0 Å². The molecule has 1 heterocycles. The highest BCUT2D eigenvalue weighted by Crippen LogP contribution is 2.30. The van der Waals surface area contributed by atoms with E-state index in [1.54, 1.807) is 4.90 Å². The minimum absolute atomic E-state index is 0.0132. The van der Waals surface area contributed by atoms with E-state index in [1.807, 2.05) is 37.3 Å². The maximum Gasteiger partial charge on any atom is 0.251 e. The van der Waals surface area contributed by atoms with Gasteiger partial charge in [-0.25, -0.2) is 0 Å². The summed E-state index contributed by atoms with van der Waals surface area (Å²) in [7, 11) is 0. The van der Waals surface area contributed by atoms with Crippen LogP contribution in [0.4, 0.5) is 0 Å². The number of nitrogens with one attached hydrogen (secondary N) is 1. The molecule has 2 fully saturated rings. The normalized spacial score (nSPS) is 23.1. The van der Waals surface area contributed by atoms with Crippen LogP contribution in [0.3, 0.4) is 0 Å². The third-order valence-electron chi connectivity index (χ3n) is 4.52. The van der Waals surface area contributed by atoms with E-state index in [4.69, 9.17) is 4.74 Å². The van der Waals surface area contributed by atoms with E-state index in [2.05, 4.69) is 5.32 Å². The first-order chi connectivity index (χ1) is 11.1. The standard InChI is InChI=1S/C18H24N2O3/c1-13(23-12-14-7-8-14)18(22)20-10-9-19-17(21)11-16(20)15-5-3-2-4-6-15/h2-6,13-14,16H,7-12H2,1H3,(H,19,21)/t13-,16+/m0/s1. The number of nitrogens with zero attached hydrogens (tertiary/aromatic N) is 1. The largest absolute Gasteiger partial charge is 0.368 e. The second-order valence-corrected chi connectivity index (χ2v) is 6.43. The first kappa shape index (κ1) is 16.0. The van der Waals surface area contributed by atoms with Crippen molar-refractivity contribution in [2.45, 2.75) is 38.3 Å². The summed E-state index contributed by atoms with van der Waals surface area (Å²) in [6, 6.07) is 9.53. The molecule has 3 rings (SSSR count). The molecular weight excluding hydrogens is 292 g/mol. The van der Waals surface area contributed by atoms with Gasteiger partial charge < -0.3 is 15.0 Å². The van der Waals surface area contributed by atoms with Crippen molar-refractivity contribution in [3.8, 4) is 0 Å². The molecule has 1 aromatic carbocycles. The van der Waals surface area contributed by atoms with Crippen molar-refractivity contribution in [3.05, 3.63) is 35.9 Å². The maximum atomic E-state index is 12.8. The molecule has 0 aromatic heterocycles. The van der Waals surface area contributed by atoms with Gasteiger partial charge >= 0.3 is 0 Å². The first-order valence-electron chi connectivity index (χ1n) is 8.39. The van der Waals surface area contributed by atoms with Crippen LogP contribution in [0.5, 0.6) is 0 Å². The summed E-state index contributed by atoms with van der Waals surface area (Å²) in [5.74, 6) is 0.583. The smallest absolute Gasteiger partial charge is 0.251 e. The summed E-state index contributed by atoms with van der Waals surface area (Å²) in [6.07, 6.45) is 2.24. The summed E-state index contributed by atoms with van der Waals surface area (Å²) in [6.45, 7) is 3.48. The van der Waals surface area contributed by atoms with Crippen LogP contribution in [0.25, 0.3) is 0 Å². The van der Waals surface area contributed by atoms with Crippen LogP contribution in [0.2, 0.25) is 0 Å². The number of amides is 2. The van der Waals surface area contributed by atoms with Gasteiger partial charge in [-0.1, -0.05) is 30.3 Å². The predicted octanol–water partition coefficient (Wildman–Crippen LogP) is 1.89. The lowest BCUT2D eigenvalue weighted by Crippen LogP contribution is -2.42. The number of carbonyl (C=O) groups excluding carboxylic acids is 2. The maximum absolute atomic E-state index is 12.8. The fourth-order valence-corrected chi connectivity index (χ4v) is 2.94. The Labute approximate surface area is 137 Å². The average Bonchev–Trinajstić information content (AvgIpc) is 3.40. The molecule has 1 aliphatic carbocycles. The van der Waals surface area contributed by atoms with Crippen LogP contribution < -0.4 is 5.32 Å². The van der Waals surface area contributed by atoms with Crippen molar-refractivity contribution in [2.75, 3.05) is 19.7 Å². The second-order valence-electron chi connectivity index (χ2n) is 6.43. The first-order valence-corrected chi connectivity index (χ1v) is 8.39. The molecule has 0 radical (unpaired) electrons. The minimum Gasteiger partial charge on any atom is -0.368 e. The van der Waals surface area contributed by atoms with E-state index in [0.717, 1.165) is 5.56 Å². The molecule has 0 unspecified atom stereocenters. The van der Waals surface area contributed by atoms with Gasteiger partial charge in [0, 0.05) is 13.1 Å². The number of carbonyl (C=O) groups is 2. The van der Waals surface area contributed by atoms with E-state index < -0.39 is 6.10 Å². The SMILES string of the molecule is C[C@H](OCC1CC1)C(=O)N1CCNC(=O)C[C@@H]1c1ccccc1. The molecule has 2 amide bonds.